The summed E-state index contributed by atoms with van der Waals surface area (Å²) in [4.78, 5) is 12.6. The molecule has 3 heteroatoms. The second kappa shape index (κ2) is 5.70. The fourth-order valence-corrected chi connectivity index (χ4v) is 4.08. The van der Waals surface area contributed by atoms with Crippen LogP contribution >= 0.6 is 0 Å². The fraction of sp³-hybridized carbons (Fsp3) is 0.550. The largest absolute Gasteiger partial charge is 0.507 e. The molecule has 1 fully saturated rings. The quantitative estimate of drug-likeness (QED) is 0.809. The standard InChI is InChI=1S/C20H26O3/c1-5-15-11-13(3)10-14(4)16(15)17-18(21)20(23-19(17)22)8-6-12(2)7-9-20/h10-12,21H,5-9H2,1-4H3/t12-,20-. The predicted octanol–water partition coefficient (Wildman–Crippen LogP) is 4.64. The van der Waals surface area contributed by atoms with Crippen LogP contribution < -0.4 is 0 Å². The Hall–Kier alpha value is -1.77. The van der Waals surface area contributed by atoms with Crippen molar-refractivity contribution in [3.63, 3.8) is 0 Å². The molecule has 1 aliphatic heterocycles. The first-order chi connectivity index (χ1) is 10.9. The van der Waals surface area contributed by atoms with Gasteiger partial charge in [-0.25, -0.2) is 4.79 Å². The second-order valence-electron chi connectivity index (χ2n) is 7.26. The number of aliphatic hydroxyl groups is 1. The fourth-order valence-electron chi connectivity index (χ4n) is 4.08. The number of carbonyl (C=O) groups is 1. The minimum atomic E-state index is -0.777. The van der Waals surface area contributed by atoms with Gasteiger partial charge in [-0.2, -0.15) is 0 Å². The van der Waals surface area contributed by atoms with E-state index in [2.05, 4.69) is 32.9 Å². The van der Waals surface area contributed by atoms with E-state index in [1.54, 1.807) is 0 Å². The van der Waals surface area contributed by atoms with E-state index in [0.717, 1.165) is 48.8 Å². The molecule has 1 spiro atoms. The van der Waals surface area contributed by atoms with Crippen molar-refractivity contribution in [3.05, 3.63) is 40.1 Å². The van der Waals surface area contributed by atoms with Crippen LogP contribution in [0.3, 0.4) is 0 Å². The van der Waals surface area contributed by atoms with Gasteiger partial charge < -0.3 is 9.84 Å². The molecule has 23 heavy (non-hydrogen) atoms. The first-order valence-corrected chi connectivity index (χ1v) is 8.65. The Morgan fingerprint density at radius 3 is 2.52 bits per heavy atom. The van der Waals surface area contributed by atoms with Crippen molar-refractivity contribution in [2.24, 2.45) is 5.92 Å². The van der Waals surface area contributed by atoms with E-state index >= 15 is 0 Å². The van der Waals surface area contributed by atoms with Gasteiger partial charge in [0.05, 0.1) is 0 Å². The summed E-state index contributed by atoms with van der Waals surface area (Å²) in [6.07, 6.45) is 4.24. The lowest BCUT2D eigenvalue weighted by atomic mass is 9.77. The highest BCUT2D eigenvalue weighted by Gasteiger charge is 2.50. The van der Waals surface area contributed by atoms with E-state index in [-0.39, 0.29) is 11.7 Å². The number of carbonyl (C=O) groups excluding carboxylic acids is 1. The number of hydrogen-bond donors (Lipinski definition) is 1. The molecule has 3 rings (SSSR count). The second-order valence-corrected chi connectivity index (χ2v) is 7.26. The molecule has 0 bridgehead atoms. The van der Waals surface area contributed by atoms with Crippen LogP contribution in [0.2, 0.25) is 0 Å². The maximum atomic E-state index is 12.6. The lowest BCUT2D eigenvalue weighted by Gasteiger charge is -2.34. The number of esters is 1. The van der Waals surface area contributed by atoms with Gasteiger partial charge in [-0.15, -0.1) is 0 Å². The van der Waals surface area contributed by atoms with Gasteiger partial charge in [0.2, 0.25) is 0 Å². The van der Waals surface area contributed by atoms with Crippen molar-refractivity contribution in [2.75, 3.05) is 0 Å². The van der Waals surface area contributed by atoms with E-state index in [1.165, 1.54) is 5.56 Å². The number of benzene rings is 1. The molecule has 0 aromatic heterocycles. The summed E-state index contributed by atoms with van der Waals surface area (Å²) in [5, 5.41) is 10.9. The maximum absolute atomic E-state index is 12.6. The molecule has 0 saturated heterocycles. The summed E-state index contributed by atoms with van der Waals surface area (Å²) in [5.41, 5.74) is 3.80. The number of hydrogen-bond acceptors (Lipinski definition) is 3. The molecule has 1 aliphatic carbocycles. The van der Waals surface area contributed by atoms with Crippen LogP contribution in [0, 0.1) is 19.8 Å². The van der Waals surface area contributed by atoms with E-state index < -0.39 is 5.60 Å². The molecule has 124 valence electrons. The number of rotatable bonds is 2. The van der Waals surface area contributed by atoms with Gasteiger partial charge in [0, 0.05) is 0 Å². The molecular formula is C20H26O3. The number of ether oxygens (including phenoxy) is 1. The van der Waals surface area contributed by atoms with E-state index in [9.17, 15) is 9.90 Å². The van der Waals surface area contributed by atoms with Crippen LogP contribution in [0.4, 0.5) is 0 Å². The van der Waals surface area contributed by atoms with Crippen LogP contribution in [0.5, 0.6) is 0 Å². The van der Waals surface area contributed by atoms with Crippen LogP contribution in [0.1, 0.15) is 61.8 Å². The third-order valence-electron chi connectivity index (χ3n) is 5.43. The molecule has 1 N–H and O–H groups in total. The van der Waals surface area contributed by atoms with Gasteiger partial charge in [-0.3, -0.25) is 0 Å². The highest BCUT2D eigenvalue weighted by molar-refractivity contribution is 6.20. The summed E-state index contributed by atoms with van der Waals surface area (Å²) >= 11 is 0. The van der Waals surface area contributed by atoms with Crippen molar-refractivity contribution >= 4 is 11.5 Å². The molecular weight excluding hydrogens is 288 g/mol. The Labute approximate surface area is 138 Å². The molecule has 0 radical (unpaired) electrons. The number of aliphatic hydroxyl groups excluding tert-OH is 1. The van der Waals surface area contributed by atoms with Gasteiger partial charge in [-0.1, -0.05) is 31.5 Å². The van der Waals surface area contributed by atoms with Gasteiger partial charge >= 0.3 is 5.97 Å². The van der Waals surface area contributed by atoms with Crippen LogP contribution in [-0.4, -0.2) is 16.7 Å². The first kappa shape index (κ1) is 16.1. The third-order valence-corrected chi connectivity index (χ3v) is 5.43. The van der Waals surface area contributed by atoms with E-state index in [1.807, 2.05) is 6.92 Å². The van der Waals surface area contributed by atoms with Gasteiger partial charge in [0.15, 0.2) is 11.4 Å². The molecule has 3 nitrogen and oxygen atoms in total. The van der Waals surface area contributed by atoms with Crippen LogP contribution in [0.25, 0.3) is 5.57 Å². The Bertz CT molecular complexity index is 676. The van der Waals surface area contributed by atoms with Crippen molar-refractivity contribution < 1.29 is 14.6 Å². The first-order valence-electron chi connectivity index (χ1n) is 8.65. The minimum Gasteiger partial charge on any atom is -0.507 e. The topological polar surface area (TPSA) is 46.5 Å². The Morgan fingerprint density at radius 1 is 1.26 bits per heavy atom. The van der Waals surface area contributed by atoms with Crippen molar-refractivity contribution in [1.29, 1.82) is 0 Å². The molecule has 0 amide bonds. The van der Waals surface area contributed by atoms with E-state index in [0.29, 0.717) is 11.5 Å². The average molecular weight is 314 g/mol. The molecule has 1 aromatic rings. The summed E-state index contributed by atoms with van der Waals surface area (Å²) < 4.78 is 5.74. The van der Waals surface area contributed by atoms with Gasteiger partial charge in [0.1, 0.15) is 5.57 Å². The summed E-state index contributed by atoms with van der Waals surface area (Å²) in [6.45, 7) is 8.35. The van der Waals surface area contributed by atoms with Crippen molar-refractivity contribution in [2.45, 2.75) is 65.4 Å². The summed E-state index contributed by atoms with van der Waals surface area (Å²) in [6, 6.07) is 4.17. The zero-order valence-electron chi connectivity index (χ0n) is 14.5. The zero-order chi connectivity index (χ0) is 16.8. The van der Waals surface area contributed by atoms with Gasteiger partial charge in [0.25, 0.3) is 0 Å². The minimum absolute atomic E-state index is 0.163. The third kappa shape index (κ3) is 2.56. The zero-order valence-corrected chi connectivity index (χ0v) is 14.5. The predicted molar refractivity (Wildman–Crippen MR) is 91.3 cm³/mol. The number of aryl methyl sites for hydroxylation is 3. The Morgan fingerprint density at radius 2 is 1.91 bits per heavy atom. The molecule has 2 aliphatic rings. The van der Waals surface area contributed by atoms with E-state index in [4.69, 9.17) is 4.74 Å². The Kier molecular flexibility index (Phi) is 3.99. The summed E-state index contributed by atoms with van der Waals surface area (Å²) in [7, 11) is 0. The highest BCUT2D eigenvalue weighted by atomic mass is 16.6. The SMILES string of the molecule is CCc1cc(C)cc(C)c1C1=C(O)[C@]2(CC[C@@H](C)CC2)OC1=O. The van der Waals surface area contributed by atoms with Crippen LogP contribution in [0.15, 0.2) is 17.9 Å². The van der Waals surface area contributed by atoms with Gasteiger partial charge in [-0.05, 0) is 68.6 Å². The Balaban J connectivity index is 2.12. The van der Waals surface area contributed by atoms with Crippen LogP contribution in [-0.2, 0) is 16.0 Å². The average Bonchev–Trinajstić information content (AvgIpc) is 2.73. The molecule has 0 unspecified atom stereocenters. The smallest absolute Gasteiger partial charge is 0.343 e. The molecule has 1 saturated carbocycles. The van der Waals surface area contributed by atoms with Crippen molar-refractivity contribution in [1.82, 2.24) is 0 Å². The maximum Gasteiger partial charge on any atom is 0.343 e. The van der Waals surface area contributed by atoms with Crippen molar-refractivity contribution in [3.8, 4) is 0 Å². The molecule has 1 heterocycles. The summed E-state index contributed by atoms with van der Waals surface area (Å²) in [5.74, 6) is 0.429. The molecule has 1 aromatic carbocycles. The highest BCUT2D eigenvalue weighted by Crippen LogP contribution is 2.47. The lowest BCUT2D eigenvalue weighted by molar-refractivity contribution is -0.150. The monoisotopic (exact) mass is 314 g/mol. The normalized spacial score (nSPS) is 27.7. The molecule has 0 atom stereocenters. The lowest BCUT2D eigenvalue weighted by Crippen LogP contribution is -2.36.